The van der Waals surface area contributed by atoms with Crippen molar-refractivity contribution in [3.8, 4) is 11.5 Å². The minimum absolute atomic E-state index is 0.00484. The molecule has 2 aromatic carbocycles. The Balaban J connectivity index is 1.65. The lowest BCUT2D eigenvalue weighted by atomic mass is 10.2. The van der Waals surface area contributed by atoms with Crippen LogP contribution in [-0.4, -0.2) is 15.8 Å². The van der Waals surface area contributed by atoms with Gasteiger partial charge in [0.05, 0.1) is 16.8 Å². The number of amides is 1. The molecule has 1 N–H and O–H groups in total. The van der Waals surface area contributed by atoms with Gasteiger partial charge in [0, 0.05) is 23.9 Å². The molecule has 0 aliphatic heterocycles. The quantitative estimate of drug-likeness (QED) is 0.561. The number of anilines is 1. The summed E-state index contributed by atoms with van der Waals surface area (Å²) in [5.41, 5.74) is 1.08. The molecule has 7 heteroatoms. The van der Waals surface area contributed by atoms with Gasteiger partial charge in [-0.05, 0) is 48.5 Å². The number of rotatable bonds is 5. The number of ether oxygens (including phenoxy) is 1. The Morgan fingerprint density at radius 2 is 1.64 bits per heavy atom. The van der Waals surface area contributed by atoms with Crippen molar-refractivity contribution in [2.75, 3.05) is 5.32 Å². The molecule has 0 atom stereocenters. The van der Waals surface area contributed by atoms with Crippen LogP contribution in [0.1, 0.15) is 10.4 Å². The number of nitrogens with zero attached hydrogens (tertiary/aromatic N) is 2. The van der Waals surface area contributed by atoms with Crippen LogP contribution in [0.15, 0.2) is 73.1 Å². The van der Waals surface area contributed by atoms with Crippen molar-refractivity contribution in [2.24, 2.45) is 0 Å². The molecule has 0 aliphatic rings. The third kappa shape index (κ3) is 4.17. The van der Waals surface area contributed by atoms with E-state index in [1.54, 1.807) is 48.8 Å². The standard InChI is InChI=1S/C18H13N3O4/c22-18(20-14-2-1-11-19-12-14)13-3-7-16(8-4-13)25-17-9-5-15(6-10-17)21(23)24/h1-12H,(H,20,22). The maximum absolute atomic E-state index is 12.1. The fourth-order valence-electron chi connectivity index (χ4n) is 2.09. The topological polar surface area (TPSA) is 94.4 Å². The van der Waals surface area contributed by atoms with Gasteiger partial charge >= 0.3 is 0 Å². The van der Waals surface area contributed by atoms with Gasteiger partial charge in [0.15, 0.2) is 0 Å². The summed E-state index contributed by atoms with van der Waals surface area (Å²) in [6.45, 7) is 0. The molecule has 0 bridgehead atoms. The van der Waals surface area contributed by atoms with E-state index in [0.717, 1.165) is 0 Å². The fourth-order valence-corrected chi connectivity index (χ4v) is 2.09. The van der Waals surface area contributed by atoms with E-state index in [0.29, 0.717) is 22.7 Å². The maximum Gasteiger partial charge on any atom is 0.269 e. The first kappa shape index (κ1) is 16.1. The van der Waals surface area contributed by atoms with E-state index in [9.17, 15) is 14.9 Å². The van der Waals surface area contributed by atoms with E-state index < -0.39 is 4.92 Å². The predicted octanol–water partition coefficient (Wildman–Crippen LogP) is 4.03. The van der Waals surface area contributed by atoms with Crippen molar-refractivity contribution in [1.82, 2.24) is 4.98 Å². The van der Waals surface area contributed by atoms with Gasteiger partial charge in [-0.2, -0.15) is 0 Å². The molecule has 25 heavy (non-hydrogen) atoms. The second-order valence-corrected chi connectivity index (χ2v) is 5.07. The molecule has 1 amide bonds. The van der Waals surface area contributed by atoms with Gasteiger partial charge in [-0.1, -0.05) is 0 Å². The number of carbonyl (C=O) groups excluding carboxylic acids is 1. The Bertz CT molecular complexity index is 878. The molecule has 0 aliphatic carbocycles. The number of nitro groups is 1. The summed E-state index contributed by atoms with van der Waals surface area (Å²) in [5, 5.41) is 13.4. The van der Waals surface area contributed by atoms with Crippen LogP contribution in [0.5, 0.6) is 11.5 Å². The Kier molecular flexibility index (Phi) is 4.66. The molecular formula is C18H13N3O4. The normalized spacial score (nSPS) is 10.1. The van der Waals surface area contributed by atoms with Crippen LogP contribution < -0.4 is 10.1 Å². The Hall–Kier alpha value is -3.74. The number of carbonyl (C=O) groups is 1. The zero-order chi connectivity index (χ0) is 17.6. The lowest BCUT2D eigenvalue weighted by Crippen LogP contribution is -2.11. The first-order chi connectivity index (χ1) is 12.1. The highest BCUT2D eigenvalue weighted by Crippen LogP contribution is 2.24. The summed E-state index contributed by atoms with van der Waals surface area (Å²) in [6.07, 6.45) is 3.18. The Labute approximate surface area is 143 Å². The van der Waals surface area contributed by atoms with E-state index in [1.165, 1.54) is 24.3 Å². The third-order valence-corrected chi connectivity index (χ3v) is 3.32. The second kappa shape index (κ2) is 7.22. The largest absolute Gasteiger partial charge is 0.457 e. The van der Waals surface area contributed by atoms with E-state index in [2.05, 4.69) is 10.3 Å². The minimum Gasteiger partial charge on any atom is -0.457 e. The highest BCUT2D eigenvalue weighted by molar-refractivity contribution is 6.04. The summed E-state index contributed by atoms with van der Waals surface area (Å²) < 4.78 is 5.60. The Morgan fingerprint density at radius 1 is 1.00 bits per heavy atom. The van der Waals surface area contributed by atoms with Gasteiger partial charge in [0.1, 0.15) is 11.5 Å². The van der Waals surface area contributed by atoms with E-state index in [1.807, 2.05) is 0 Å². The molecule has 1 aromatic heterocycles. The van der Waals surface area contributed by atoms with E-state index >= 15 is 0 Å². The van der Waals surface area contributed by atoms with Gasteiger partial charge in [-0.25, -0.2) is 0 Å². The van der Waals surface area contributed by atoms with Crippen molar-refractivity contribution >= 4 is 17.3 Å². The van der Waals surface area contributed by atoms with Gasteiger partial charge in [0.2, 0.25) is 0 Å². The maximum atomic E-state index is 12.1. The average molecular weight is 335 g/mol. The number of non-ortho nitro benzene ring substituents is 1. The third-order valence-electron chi connectivity index (χ3n) is 3.32. The zero-order valence-corrected chi connectivity index (χ0v) is 13.0. The number of hydrogen-bond donors (Lipinski definition) is 1. The van der Waals surface area contributed by atoms with Crippen LogP contribution in [0.2, 0.25) is 0 Å². The SMILES string of the molecule is O=C(Nc1cccnc1)c1ccc(Oc2ccc([N+](=O)[O-])cc2)cc1. The molecule has 0 saturated heterocycles. The van der Waals surface area contributed by atoms with Crippen molar-refractivity contribution in [3.63, 3.8) is 0 Å². The van der Waals surface area contributed by atoms with Crippen molar-refractivity contribution in [3.05, 3.63) is 88.7 Å². The number of hydrogen-bond acceptors (Lipinski definition) is 5. The van der Waals surface area contributed by atoms with E-state index in [4.69, 9.17) is 4.74 Å². The summed E-state index contributed by atoms with van der Waals surface area (Å²) in [4.78, 5) is 26.2. The van der Waals surface area contributed by atoms with Crippen LogP contribution in [0.4, 0.5) is 11.4 Å². The number of nitro benzene ring substituents is 1. The first-order valence-corrected chi connectivity index (χ1v) is 7.35. The van der Waals surface area contributed by atoms with Gasteiger partial charge in [-0.3, -0.25) is 19.9 Å². The lowest BCUT2D eigenvalue weighted by molar-refractivity contribution is -0.384. The summed E-state index contributed by atoms with van der Waals surface area (Å²) in [6, 6.07) is 15.8. The zero-order valence-electron chi connectivity index (χ0n) is 13.0. The number of aromatic nitrogens is 1. The molecule has 1 heterocycles. The summed E-state index contributed by atoms with van der Waals surface area (Å²) >= 11 is 0. The summed E-state index contributed by atoms with van der Waals surface area (Å²) in [5.74, 6) is 0.736. The fraction of sp³-hybridized carbons (Fsp3) is 0. The molecule has 3 rings (SSSR count). The smallest absolute Gasteiger partial charge is 0.269 e. The van der Waals surface area contributed by atoms with Crippen molar-refractivity contribution in [2.45, 2.75) is 0 Å². The molecule has 0 radical (unpaired) electrons. The van der Waals surface area contributed by atoms with Crippen LogP contribution in [0.3, 0.4) is 0 Å². The highest BCUT2D eigenvalue weighted by atomic mass is 16.6. The summed E-state index contributed by atoms with van der Waals surface area (Å²) in [7, 11) is 0. The monoisotopic (exact) mass is 335 g/mol. The van der Waals surface area contributed by atoms with Crippen LogP contribution >= 0.6 is 0 Å². The first-order valence-electron chi connectivity index (χ1n) is 7.35. The molecule has 124 valence electrons. The predicted molar refractivity (Wildman–Crippen MR) is 91.8 cm³/mol. The van der Waals surface area contributed by atoms with Crippen molar-refractivity contribution in [1.29, 1.82) is 0 Å². The molecule has 0 unspecified atom stereocenters. The highest BCUT2D eigenvalue weighted by Gasteiger charge is 2.08. The number of pyridine rings is 1. The Morgan fingerprint density at radius 3 is 2.20 bits per heavy atom. The van der Waals surface area contributed by atoms with Crippen LogP contribution in [0.25, 0.3) is 0 Å². The average Bonchev–Trinajstić information content (AvgIpc) is 2.63. The van der Waals surface area contributed by atoms with E-state index in [-0.39, 0.29) is 11.6 Å². The lowest BCUT2D eigenvalue weighted by Gasteiger charge is -2.07. The van der Waals surface area contributed by atoms with Crippen LogP contribution in [-0.2, 0) is 0 Å². The van der Waals surface area contributed by atoms with Gasteiger partial charge in [0.25, 0.3) is 11.6 Å². The molecule has 7 nitrogen and oxygen atoms in total. The molecule has 0 spiro atoms. The molecule has 3 aromatic rings. The van der Waals surface area contributed by atoms with Gasteiger partial charge < -0.3 is 10.1 Å². The van der Waals surface area contributed by atoms with Crippen LogP contribution in [0, 0.1) is 10.1 Å². The molecule has 0 saturated carbocycles. The minimum atomic E-state index is -0.473. The second-order valence-electron chi connectivity index (χ2n) is 5.07. The van der Waals surface area contributed by atoms with Gasteiger partial charge in [-0.15, -0.1) is 0 Å². The number of benzene rings is 2. The van der Waals surface area contributed by atoms with Crippen molar-refractivity contribution < 1.29 is 14.5 Å². The molecule has 0 fully saturated rings. The molecular weight excluding hydrogens is 322 g/mol. The number of nitrogens with one attached hydrogen (secondary N) is 1.